The molecule has 0 spiro atoms. The number of fused-ring (bicyclic) bond motifs is 6. The number of hydrogen-bond donors (Lipinski definition) is 1. The first-order chi connectivity index (χ1) is 22.9. The molecule has 3 nitrogen and oxygen atoms in total. The summed E-state index contributed by atoms with van der Waals surface area (Å²) in [6.07, 6.45) is 0. The summed E-state index contributed by atoms with van der Waals surface area (Å²) in [7, 11) is 0. The van der Waals surface area contributed by atoms with Gasteiger partial charge in [-0.2, -0.15) is 0 Å². The Labute approximate surface area is 283 Å². The minimum absolute atomic E-state index is 0.137. The van der Waals surface area contributed by atoms with E-state index in [9.17, 15) is 9.90 Å². The van der Waals surface area contributed by atoms with E-state index in [-0.39, 0.29) is 10.8 Å². The number of rotatable bonds is 5. The first kappa shape index (κ1) is 30.0. The van der Waals surface area contributed by atoms with Crippen LogP contribution in [-0.2, 0) is 10.8 Å². The van der Waals surface area contributed by atoms with Gasteiger partial charge in [-0.05, 0) is 112 Å². The van der Waals surface area contributed by atoms with Gasteiger partial charge in [-0.25, -0.2) is 4.79 Å². The number of nitrogens with zero attached hydrogens (tertiary/aromatic N) is 1. The molecule has 8 rings (SSSR count). The van der Waals surface area contributed by atoms with Crippen molar-refractivity contribution in [2.45, 2.75) is 52.4 Å². The molecule has 0 saturated carbocycles. The fraction of sp³-hybridized carbons (Fsp3) is 0.178. The van der Waals surface area contributed by atoms with Gasteiger partial charge in [0.05, 0.1) is 5.56 Å². The number of aryl methyl sites for hydroxylation is 2. The van der Waals surface area contributed by atoms with Crippen LogP contribution < -0.4 is 4.90 Å². The van der Waals surface area contributed by atoms with Crippen LogP contribution in [-0.4, -0.2) is 11.1 Å². The highest BCUT2D eigenvalue weighted by Crippen LogP contribution is 2.53. The predicted octanol–water partition coefficient (Wildman–Crippen LogP) is 11.8. The molecule has 2 aliphatic rings. The van der Waals surface area contributed by atoms with Gasteiger partial charge in [-0.15, -0.1) is 0 Å². The molecule has 0 unspecified atom stereocenters. The molecule has 0 aliphatic heterocycles. The van der Waals surface area contributed by atoms with E-state index in [1.54, 1.807) is 12.1 Å². The zero-order chi connectivity index (χ0) is 33.5. The minimum Gasteiger partial charge on any atom is -0.478 e. The Morgan fingerprint density at radius 1 is 0.500 bits per heavy atom. The fourth-order valence-corrected chi connectivity index (χ4v) is 8.12. The Kier molecular flexibility index (Phi) is 6.58. The van der Waals surface area contributed by atoms with Crippen molar-refractivity contribution in [3.63, 3.8) is 0 Å². The number of carboxylic acid groups (broad SMARTS) is 1. The molecule has 3 heteroatoms. The second-order valence-electron chi connectivity index (χ2n) is 14.5. The normalized spacial score (nSPS) is 14.5. The third kappa shape index (κ3) is 4.45. The van der Waals surface area contributed by atoms with Gasteiger partial charge >= 0.3 is 5.97 Å². The maximum Gasteiger partial charge on any atom is 0.336 e. The van der Waals surface area contributed by atoms with Crippen LogP contribution in [0.4, 0.5) is 17.1 Å². The molecule has 0 aromatic heterocycles. The number of hydrogen-bond acceptors (Lipinski definition) is 2. The molecule has 1 N–H and O–H groups in total. The van der Waals surface area contributed by atoms with Gasteiger partial charge in [0.2, 0.25) is 0 Å². The number of carboxylic acids is 1. The summed E-state index contributed by atoms with van der Waals surface area (Å²) in [6.45, 7) is 13.7. The number of anilines is 3. The highest BCUT2D eigenvalue weighted by atomic mass is 16.4. The number of carbonyl (C=O) groups is 1. The van der Waals surface area contributed by atoms with Crippen LogP contribution in [0.2, 0.25) is 0 Å². The van der Waals surface area contributed by atoms with Crippen molar-refractivity contribution in [2.24, 2.45) is 0 Å². The van der Waals surface area contributed by atoms with Gasteiger partial charge in [-0.3, -0.25) is 0 Å². The lowest BCUT2D eigenvalue weighted by Crippen LogP contribution is -2.18. The van der Waals surface area contributed by atoms with E-state index < -0.39 is 5.97 Å². The summed E-state index contributed by atoms with van der Waals surface area (Å²) in [5, 5.41) is 9.86. The molecule has 2 aliphatic carbocycles. The van der Waals surface area contributed by atoms with Crippen molar-refractivity contribution in [1.29, 1.82) is 0 Å². The van der Waals surface area contributed by atoms with E-state index in [1.165, 1.54) is 55.6 Å². The fourth-order valence-electron chi connectivity index (χ4n) is 8.12. The molecule has 0 heterocycles. The second-order valence-corrected chi connectivity index (χ2v) is 14.5. The van der Waals surface area contributed by atoms with Gasteiger partial charge in [0, 0.05) is 27.9 Å². The third-order valence-electron chi connectivity index (χ3n) is 10.7. The molecule has 0 fully saturated rings. The van der Waals surface area contributed by atoms with E-state index in [0.717, 1.165) is 22.6 Å². The molecule has 6 aromatic rings. The highest BCUT2D eigenvalue weighted by Gasteiger charge is 2.38. The molecule has 48 heavy (non-hydrogen) atoms. The van der Waals surface area contributed by atoms with E-state index >= 15 is 0 Å². The maximum absolute atomic E-state index is 12.0. The molecule has 0 saturated heterocycles. The summed E-state index contributed by atoms with van der Waals surface area (Å²) >= 11 is 0. The largest absolute Gasteiger partial charge is 0.478 e. The first-order valence-corrected chi connectivity index (χ1v) is 16.7. The quantitative estimate of drug-likeness (QED) is 0.207. The monoisotopic (exact) mass is 625 g/mol. The van der Waals surface area contributed by atoms with Crippen molar-refractivity contribution in [2.75, 3.05) is 4.90 Å². The first-order valence-electron chi connectivity index (χ1n) is 16.7. The van der Waals surface area contributed by atoms with Crippen LogP contribution in [0.5, 0.6) is 0 Å². The van der Waals surface area contributed by atoms with Crippen molar-refractivity contribution in [1.82, 2.24) is 0 Å². The smallest absolute Gasteiger partial charge is 0.336 e. The topological polar surface area (TPSA) is 40.5 Å². The van der Waals surface area contributed by atoms with Crippen molar-refractivity contribution in [3.8, 4) is 33.4 Å². The van der Waals surface area contributed by atoms with E-state index in [4.69, 9.17) is 0 Å². The second kappa shape index (κ2) is 10.6. The van der Waals surface area contributed by atoms with Crippen LogP contribution in [0.25, 0.3) is 33.4 Å². The highest BCUT2D eigenvalue weighted by molar-refractivity contribution is 5.96. The number of aromatic carboxylic acids is 1. The predicted molar refractivity (Wildman–Crippen MR) is 198 cm³/mol. The molecule has 236 valence electrons. The lowest BCUT2D eigenvalue weighted by molar-refractivity contribution is 0.0697. The van der Waals surface area contributed by atoms with Crippen molar-refractivity contribution in [3.05, 3.63) is 160 Å². The molecule has 6 aromatic carbocycles. The van der Waals surface area contributed by atoms with Crippen LogP contribution in [0.3, 0.4) is 0 Å². The standard InChI is InChI=1S/C45H39NO2/c1-27-11-19-34-36-21-17-31(25-41(36)44(3,4)39(34)23-27)46(30-15-13-29(14-16-30)33-9-7-8-10-38(33)43(47)48)32-18-22-37-35-20-12-28(2)24-40(35)45(5,6)42(37)26-32/h7-26H,1-6H3,(H,47,48). The van der Waals surface area contributed by atoms with E-state index in [2.05, 4.69) is 131 Å². The van der Waals surface area contributed by atoms with Gasteiger partial charge in [-0.1, -0.05) is 118 Å². The zero-order valence-corrected chi connectivity index (χ0v) is 28.3. The van der Waals surface area contributed by atoms with Crippen LogP contribution in [0, 0.1) is 13.8 Å². The molecule has 0 amide bonds. The van der Waals surface area contributed by atoms with E-state index in [1.807, 2.05) is 24.3 Å². The SMILES string of the molecule is Cc1ccc2c(c1)C(C)(C)c1cc(N(c3ccc(-c4ccccc4C(=O)O)cc3)c3ccc4c(c3)C(C)(C)c3cc(C)ccc3-4)ccc1-2. The summed E-state index contributed by atoms with van der Waals surface area (Å²) in [5.74, 6) is -0.926. The minimum atomic E-state index is -0.926. The van der Waals surface area contributed by atoms with E-state index in [0.29, 0.717) is 11.1 Å². The molecule has 0 bridgehead atoms. The maximum atomic E-state index is 12.0. The summed E-state index contributed by atoms with van der Waals surface area (Å²) in [6, 6.07) is 42.9. The lowest BCUT2D eigenvalue weighted by atomic mass is 9.81. The Balaban J connectivity index is 1.29. The van der Waals surface area contributed by atoms with Crippen LogP contribution in [0.1, 0.15) is 71.4 Å². The molecular formula is C45H39NO2. The molecule has 0 atom stereocenters. The Morgan fingerprint density at radius 2 is 0.917 bits per heavy atom. The van der Waals surface area contributed by atoms with Crippen LogP contribution >= 0.6 is 0 Å². The third-order valence-corrected chi connectivity index (χ3v) is 10.7. The molecule has 0 radical (unpaired) electrons. The van der Waals surface area contributed by atoms with Gasteiger partial charge < -0.3 is 10.0 Å². The summed E-state index contributed by atoms with van der Waals surface area (Å²) < 4.78 is 0. The number of benzene rings is 6. The lowest BCUT2D eigenvalue weighted by Gasteiger charge is -2.30. The summed E-state index contributed by atoms with van der Waals surface area (Å²) in [4.78, 5) is 14.4. The van der Waals surface area contributed by atoms with Crippen molar-refractivity contribution >= 4 is 23.0 Å². The average Bonchev–Trinajstić information content (AvgIpc) is 3.43. The Bertz CT molecular complexity index is 2180. The Hall–Kier alpha value is -5.41. The van der Waals surface area contributed by atoms with Gasteiger partial charge in [0.1, 0.15) is 0 Å². The van der Waals surface area contributed by atoms with Gasteiger partial charge in [0.25, 0.3) is 0 Å². The van der Waals surface area contributed by atoms with Gasteiger partial charge in [0.15, 0.2) is 0 Å². The average molecular weight is 626 g/mol. The van der Waals surface area contributed by atoms with Crippen molar-refractivity contribution < 1.29 is 9.90 Å². The van der Waals surface area contributed by atoms with Crippen LogP contribution in [0.15, 0.2) is 121 Å². The summed E-state index contributed by atoms with van der Waals surface area (Å²) in [5.41, 5.74) is 18.0. The Morgan fingerprint density at radius 3 is 1.40 bits per heavy atom. The molecular weight excluding hydrogens is 587 g/mol. The zero-order valence-electron chi connectivity index (χ0n) is 28.3.